The van der Waals surface area contributed by atoms with Gasteiger partial charge in [0.25, 0.3) is 11.8 Å². The van der Waals surface area contributed by atoms with Gasteiger partial charge in [0.15, 0.2) is 0 Å². The summed E-state index contributed by atoms with van der Waals surface area (Å²) in [6.45, 7) is 0.256. The second kappa shape index (κ2) is 6.94. The molecule has 5 heteroatoms. The Morgan fingerprint density at radius 1 is 1.04 bits per heavy atom. The van der Waals surface area contributed by atoms with Crippen molar-refractivity contribution in [1.29, 1.82) is 0 Å². The monoisotopic (exact) mass is 315 g/mol. The van der Waals surface area contributed by atoms with Crippen LogP contribution in [0, 0.1) is 0 Å². The third kappa shape index (κ3) is 3.44. The molecule has 23 heavy (non-hydrogen) atoms. The maximum atomic E-state index is 12.2. The molecule has 0 unspecified atom stereocenters. The number of fused-ring (bicyclic) bond motifs is 1. The largest absolute Gasteiger partial charge is 0.462 e. The minimum absolute atomic E-state index is 0.0514. The lowest BCUT2D eigenvalue weighted by Crippen LogP contribution is -2.31. The van der Waals surface area contributed by atoms with Crippen LogP contribution in [0.15, 0.2) is 24.3 Å². The summed E-state index contributed by atoms with van der Waals surface area (Å²) >= 11 is 0. The van der Waals surface area contributed by atoms with E-state index in [1.54, 1.807) is 24.3 Å². The van der Waals surface area contributed by atoms with E-state index in [-0.39, 0.29) is 36.9 Å². The van der Waals surface area contributed by atoms with Gasteiger partial charge in [0.2, 0.25) is 0 Å². The third-order valence-electron chi connectivity index (χ3n) is 4.49. The van der Waals surface area contributed by atoms with Crippen molar-refractivity contribution in [1.82, 2.24) is 4.90 Å². The molecule has 5 nitrogen and oxygen atoms in total. The summed E-state index contributed by atoms with van der Waals surface area (Å²) in [5.74, 6) is -0.772. The van der Waals surface area contributed by atoms with Crippen LogP contribution in [0.1, 0.15) is 65.7 Å². The first-order valence-electron chi connectivity index (χ1n) is 8.31. The standard InChI is InChI=1S/C18H21NO4/c20-16(23-13-7-2-1-3-8-13)11-6-12-19-17(21)14-9-4-5-10-15(14)18(19)22/h4-5,9-10,13H,1-3,6-8,11-12H2. The zero-order valence-corrected chi connectivity index (χ0v) is 13.1. The molecule has 0 radical (unpaired) electrons. The molecule has 3 rings (SSSR count). The van der Waals surface area contributed by atoms with Gasteiger partial charge < -0.3 is 4.74 Å². The molecule has 1 fully saturated rings. The van der Waals surface area contributed by atoms with E-state index in [2.05, 4.69) is 0 Å². The fourth-order valence-corrected chi connectivity index (χ4v) is 3.25. The SMILES string of the molecule is O=C(CCCN1C(=O)c2ccccc2C1=O)OC1CCCCC1. The lowest BCUT2D eigenvalue weighted by molar-refractivity contribution is -0.150. The third-order valence-corrected chi connectivity index (χ3v) is 4.49. The number of nitrogens with zero attached hydrogens (tertiary/aromatic N) is 1. The van der Waals surface area contributed by atoms with Gasteiger partial charge in [-0.05, 0) is 44.2 Å². The van der Waals surface area contributed by atoms with Gasteiger partial charge in [-0.1, -0.05) is 18.6 Å². The molecule has 2 amide bonds. The average molecular weight is 315 g/mol. The van der Waals surface area contributed by atoms with Gasteiger partial charge in [0.05, 0.1) is 11.1 Å². The molecule has 122 valence electrons. The van der Waals surface area contributed by atoms with Gasteiger partial charge in [-0.2, -0.15) is 0 Å². The van der Waals surface area contributed by atoms with Crippen molar-refractivity contribution in [3.63, 3.8) is 0 Å². The molecule has 1 aromatic carbocycles. The summed E-state index contributed by atoms with van der Waals surface area (Å²) in [6.07, 6.45) is 6.08. The first kappa shape index (κ1) is 15.7. The Hall–Kier alpha value is -2.17. The molecule has 0 atom stereocenters. The van der Waals surface area contributed by atoms with Crippen LogP contribution in [0.5, 0.6) is 0 Å². The van der Waals surface area contributed by atoms with Gasteiger partial charge in [0.1, 0.15) is 6.10 Å². The van der Waals surface area contributed by atoms with Gasteiger partial charge >= 0.3 is 5.97 Å². The molecule has 1 aliphatic heterocycles. The number of hydrogen-bond acceptors (Lipinski definition) is 4. The molecule has 0 bridgehead atoms. The van der Waals surface area contributed by atoms with Gasteiger partial charge in [-0.15, -0.1) is 0 Å². The lowest BCUT2D eigenvalue weighted by Gasteiger charge is -2.22. The van der Waals surface area contributed by atoms with E-state index in [0.717, 1.165) is 25.7 Å². The Balaban J connectivity index is 1.47. The molecule has 0 N–H and O–H groups in total. The van der Waals surface area contributed by atoms with E-state index in [0.29, 0.717) is 17.5 Å². The van der Waals surface area contributed by atoms with Crippen LogP contribution in [-0.4, -0.2) is 35.3 Å². The van der Waals surface area contributed by atoms with Crippen molar-refractivity contribution >= 4 is 17.8 Å². The van der Waals surface area contributed by atoms with Crippen LogP contribution in [0.4, 0.5) is 0 Å². The number of rotatable bonds is 5. The van der Waals surface area contributed by atoms with E-state index < -0.39 is 0 Å². The Kier molecular flexibility index (Phi) is 4.74. The fraction of sp³-hybridized carbons (Fsp3) is 0.500. The number of hydrogen-bond donors (Lipinski definition) is 0. The van der Waals surface area contributed by atoms with Gasteiger partial charge in [-0.3, -0.25) is 19.3 Å². The Morgan fingerprint density at radius 3 is 2.26 bits per heavy atom. The summed E-state index contributed by atoms with van der Waals surface area (Å²) in [7, 11) is 0. The molecule has 0 saturated heterocycles. The van der Waals surface area contributed by atoms with E-state index in [1.165, 1.54) is 11.3 Å². The first-order valence-corrected chi connectivity index (χ1v) is 8.31. The highest BCUT2D eigenvalue weighted by Gasteiger charge is 2.34. The van der Waals surface area contributed by atoms with Crippen LogP contribution in [-0.2, 0) is 9.53 Å². The molecule has 1 heterocycles. The number of carbonyl (C=O) groups is 3. The second-order valence-electron chi connectivity index (χ2n) is 6.16. The zero-order valence-electron chi connectivity index (χ0n) is 13.1. The molecule has 1 aliphatic carbocycles. The molecular weight excluding hydrogens is 294 g/mol. The Morgan fingerprint density at radius 2 is 1.65 bits per heavy atom. The van der Waals surface area contributed by atoms with E-state index in [4.69, 9.17) is 4.74 Å². The van der Waals surface area contributed by atoms with Crippen molar-refractivity contribution in [3.8, 4) is 0 Å². The summed E-state index contributed by atoms with van der Waals surface area (Å²) < 4.78 is 5.44. The summed E-state index contributed by atoms with van der Waals surface area (Å²) in [4.78, 5) is 37.5. The minimum Gasteiger partial charge on any atom is -0.462 e. The van der Waals surface area contributed by atoms with E-state index in [1.807, 2.05) is 0 Å². The van der Waals surface area contributed by atoms with Crippen molar-refractivity contribution in [2.45, 2.75) is 51.0 Å². The van der Waals surface area contributed by atoms with E-state index >= 15 is 0 Å². The number of amides is 2. The quantitative estimate of drug-likeness (QED) is 0.619. The normalized spacial score (nSPS) is 18.2. The highest BCUT2D eigenvalue weighted by Crippen LogP contribution is 2.23. The lowest BCUT2D eigenvalue weighted by atomic mass is 9.98. The predicted octanol–water partition coefficient (Wildman–Crippen LogP) is 2.94. The van der Waals surface area contributed by atoms with Crippen LogP contribution in [0.3, 0.4) is 0 Å². The number of carbonyl (C=O) groups excluding carboxylic acids is 3. The van der Waals surface area contributed by atoms with Crippen LogP contribution >= 0.6 is 0 Å². The van der Waals surface area contributed by atoms with Gasteiger partial charge in [-0.25, -0.2) is 0 Å². The number of esters is 1. The van der Waals surface area contributed by atoms with Crippen molar-refractivity contribution in [2.24, 2.45) is 0 Å². The van der Waals surface area contributed by atoms with Crippen LogP contribution in [0.2, 0.25) is 0 Å². The maximum Gasteiger partial charge on any atom is 0.306 e. The highest BCUT2D eigenvalue weighted by atomic mass is 16.5. The Labute approximate surface area is 135 Å². The highest BCUT2D eigenvalue weighted by molar-refractivity contribution is 6.21. The maximum absolute atomic E-state index is 12.2. The molecule has 0 spiro atoms. The average Bonchev–Trinajstić information content (AvgIpc) is 2.81. The molecule has 0 aromatic heterocycles. The summed E-state index contributed by atoms with van der Waals surface area (Å²) in [5.41, 5.74) is 0.893. The minimum atomic E-state index is -0.272. The molecule has 2 aliphatic rings. The van der Waals surface area contributed by atoms with Crippen molar-refractivity contribution < 1.29 is 19.1 Å². The molecular formula is C18H21NO4. The predicted molar refractivity (Wildman–Crippen MR) is 84.0 cm³/mol. The number of benzene rings is 1. The van der Waals surface area contributed by atoms with Crippen molar-refractivity contribution in [2.75, 3.05) is 6.54 Å². The van der Waals surface area contributed by atoms with Gasteiger partial charge in [0, 0.05) is 13.0 Å². The topological polar surface area (TPSA) is 63.7 Å². The van der Waals surface area contributed by atoms with E-state index in [9.17, 15) is 14.4 Å². The second-order valence-corrected chi connectivity index (χ2v) is 6.16. The van der Waals surface area contributed by atoms with Crippen molar-refractivity contribution in [3.05, 3.63) is 35.4 Å². The number of imide groups is 1. The summed E-state index contributed by atoms with van der Waals surface area (Å²) in [5, 5.41) is 0. The van der Waals surface area contributed by atoms with Crippen LogP contribution in [0.25, 0.3) is 0 Å². The number of ether oxygens (including phenoxy) is 1. The smallest absolute Gasteiger partial charge is 0.306 e. The van der Waals surface area contributed by atoms with Crippen LogP contribution < -0.4 is 0 Å². The Bertz CT molecular complexity index is 584. The first-order chi connectivity index (χ1) is 11.2. The zero-order chi connectivity index (χ0) is 16.2. The summed E-state index contributed by atoms with van der Waals surface area (Å²) in [6, 6.07) is 6.81. The fourth-order valence-electron chi connectivity index (χ4n) is 3.25. The molecule has 1 saturated carbocycles. The molecule has 1 aromatic rings.